The van der Waals surface area contributed by atoms with Crippen LogP contribution >= 0.6 is 66.4 Å². The Morgan fingerprint density at radius 1 is 0.970 bits per heavy atom. The lowest BCUT2D eigenvalue weighted by atomic mass is 10.1. The second kappa shape index (κ2) is 9.24. The minimum Gasteiger partial charge on any atom is -0.451 e. The molecule has 2 heterocycles. The van der Waals surface area contributed by atoms with Crippen LogP contribution in [0.15, 0.2) is 80.1 Å². The number of hydrogen-bond donors (Lipinski definition) is 1. The van der Waals surface area contributed by atoms with Gasteiger partial charge in [-0.1, -0.05) is 57.3 Å². The quantitative estimate of drug-likeness (QED) is 0.217. The molecule has 5 aromatic rings. The Bertz CT molecular complexity index is 1500. The lowest BCUT2D eigenvalue weighted by Gasteiger charge is -2.12. The first kappa shape index (κ1) is 22.6. The summed E-state index contributed by atoms with van der Waals surface area (Å²) >= 11 is 21.1. The number of carbonyl (C=O) groups is 1. The highest BCUT2D eigenvalue weighted by molar-refractivity contribution is 9.11. The van der Waals surface area contributed by atoms with E-state index in [9.17, 15) is 4.79 Å². The predicted octanol–water partition coefficient (Wildman–Crippen LogP) is 9.31. The van der Waals surface area contributed by atoms with Crippen molar-refractivity contribution in [2.45, 2.75) is 0 Å². The Kier molecular flexibility index (Phi) is 6.33. The molecule has 0 aliphatic carbocycles. The summed E-state index contributed by atoms with van der Waals surface area (Å²) in [6, 6.07) is 20.3. The van der Waals surface area contributed by atoms with Crippen LogP contribution in [0.4, 0.5) is 5.69 Å². The molecule has 0 spiro atoms. The van der Waals surface area contributed by atoms with Gasteiger partial charge in [-0.2, -0.15) is 0 Å². The number of carbonyl (C=O) groups excluding carboxylic acids is 1. The van der Waals surface area contributed by atoms with E-state index in [1.807, 2.05) is 36.4 Å². The standard InChI is InChI=1S/C24H12Br2Cl2N2O2S/c25-12-10-14(24-29-17-6-1-2-7-20(17)33-24)22(15(26)11-12)30-23(31)19-9-8-18(32-19)13-4-3-5-16(27)21(13)28/h1-11H,(H,30,31). The van der Waals surface area contributed by atoms with Gasteiger partial charge in [0.25, 0.3) is 5.91 Å². The van der Waals surface area contributed by atoms with Crippen LogP contribution in [0.25, 0.3) is 32.1 Å². The maximum atomic E-state index is 13.1. The maximum Gasteiger partial charge on any atom is 0.291 e. The molecule has 4 nitrogen and oxygen atoms in total. The molecule has 1 N–H and O–H groups in total. The molecule has 2 aromatic heterocycles. The molecule has 5 rings (SSSR count). The van der Waals surface area contributed by atoms with Crippen LogP contribution in [0.1, 0.15) is 10.6 Å². The van der Waals surface area contributed by atoms with E-state index in [0.29, 0.717) is 31.5 Å². The molecule has 0 unspecified atom stereocenters. The molecule has 33 heavy (non-hydrogen) atoms. The lowest BCUT2D eigenvalue weighted by Crippen LogP contribution is -2.12. The number of furan rings is 1. The summed E-state index contributed by atoms with van der Waals surface area (Å²) in [7, 11) is 0. The first-order chi connectivity index (χ1) is 15.9. The number of nitrogens with one attached hydrogen (secondary N) is 1. The third-order valence-corrected chi connectivity index (χ3v) is 7.84. The van der Waals surface area contributed by atoms with Crippen molar-refractivity contribution in [3.05, 3.63) is 91.5 Å². The Morgan fingerprint density at radius 2 is 1.79 bits per heavy atom. The van der Waals surface area contributed by atoms with E-state index in [2.05, 4.69) is 37.2 Å². The van der Waals surface area contributed by atoms with Gasteiger partial charge in [0.05, 0.1) is 25.9 Å². The average molecular weight is 623 g/mol. The van der Waals surface area contributed by atoms with Gasteiger partial charge in [0.2, 0.25) is 0 Å². The predicted molar refractivity (Wildman–Crippen MR) is 143 cm³/mol. The van der Waals surface area contributed by atoms with Crippen molar-refractivity contribution in [1.82, 2.24) is 4.98 Å². The number of anilines is 1. The van der Waals surface area contributed by atoms with E-state index in [1.165, 1.54) is 0 Å². The molecule has 0 aliphatic heterocycles. The average Bonchev–Trinajstić information content (AvgIpc) is 3.44. The van der Waals surface area contributed by atoms with E-state index in [4.69, 9.17) is 32.6 Å². The number of fused-ring (bicyclic) bond motifs is 1. The van der Waals surface area contributed by atoms with Crippen molar-refractivity contribution in [1.29, 1.82) is 0 Å². The monoisotopic (exact) mass is 620 g/mol. The highest BCUT2D eigenvalue weighted by Gasteiger charge is 2.20. The van der Waals surface area contributed by atoms with Crippen LogP contribution in [0, 0.1) is 0 Å². The van der Waals surface area contributed by atoms with Gasteiger partial charge in [-0.05, 0) is 64.5 Å². The first-order valence-corrected chi connectivity index (χ1v) is 12.8. The van der Waals surface area contributed by atoms with Gasteiger partial charge >= 0.3 is 0 Å². The number of hydrogen-bond acceptors (Lipinski definition) is 4. The molecule has 0 bridgehead atoms. The van der Waals surface area contributed by atoms with E-state index in [1.54, 1.807) is 41.7 Å². The van der Waals surface area contributed by atoms with Gasteiger partial charge in [0.1, 0.15) is 10.8 Å². The second-order valence-electron chi connectivity index (χ2n) is 7.02. The van der Waals surface area contributed by atoms with Crippen molar-refractivity contribution >= 4 is 88.2 Å². The summed E-state index contributed by atoms with van der Waals surface area (Å²) in [6.07, 6.45) is 0. The number of aromatic nitrogens is 1. The smallest absolute Gasteiger partial charge is 0.291 e. The Labute approximate surface area is 219 Å². The molecule has 0 saturated carbocycles. The van der Waals surface area contributed by atoms with Crippen molar-refractivity contribution in [2.24, 2.45) is 0 Å². The molecular weight excluding hydrogens is 611 g/mol. The molecule has 3 aromatic carbocycles. The summed E-state index contributed by atoms with van der Waals surface area (Å²) < 4.78 is 8.44. The molecule has 0 saturated heterocycles. The number of para-hydroxylation sites is 1. The SMILES string of the molecule is O=C(Nc1c(Br)cc(Br)cc1-c1nc2ccccc2s1)c1ccc(-c2cccc(Cl)c2Cl)o1. The zero-order chi connectivity index (χ0) is 23.1. The third kappa shape index (κ3) is 4.48. The van der Waals surface area contributed by atoms with Crippen molar-refractivity contribution in [2.75, 3.05) is 5.32 Å². The lowest BCUT2D eigenvalue weighted by molar-refractivity contribution is 0.0997. The zero-order valence-corrected chi connectivity index (χ0v) is 22.0. The van der Waals surface area contributed by atoms with Crippen molar-refractivity contribution in [3.63, 3.8) is 0 Å². The van der Waals surface area contributed by atoms with E-state index in [-0.39, 0.29) is 5.76 Å². The first-order valence-electron chi connectivity index (χ1n) is 9.61. The number of thiazole rings is 1. The van der Waals surface area contributed by atoms with Crippen LogP contribution in [-0.2, 0) is 0 Å². The minimum absolute atomic E-state index is 0.145. The Balaban J connectivity index is 1.50. The number of nitrogens with zero attached hydrogens (tertiary/aromatic N) is 1. The summed E-state index contributed by atoms with van der Waals surface area (Å²) in [4.78, 5) is 17.8. The van der Waals surface area contributed by atoms with Crippen molar-refractivity contribution < 1.29 is 9.21 Å². The molecule has 1 amide bonds. The summed E-state index contributed by atoms with van der Waals surface area (Å²) in [5.74, 6) is 0.199. The molecular formula is C24H12Br2Cl2N2O2S. The van der Waals surface area contributed by atoms with Gasteiger partial charge in [-0.3, -0.25) is 4.79 Å². The zero-order valence-electron chi connectivity index (χ0n) is 16.5. The highest BCUT2D eigenvalue weighted by Crippen LogP contribution is 2.41. The van der Waals surface area contributed by atoms with Crippen molar-refractivity contribution in [3.8, 4) is 21.9 Å². The minimum atomic E-state index is -0.398. The third-order valence-electron chi connectivity index (χ3n) is 4.86. The van der Waals surface area contributed by atoms with Gasteiger partial charge in [0, 0.05) is 20.1 Å². The van der Waals surface area contributed by atoms with Gasteiger partial charge in [-0.15, -0.1) is 11.3 Å². The van der Waals surface area contributed by atoms with Crippen LogP contribution in [0.2, 0.25) is 10.0 Å². The van der Waals surface area contributed by atoms with Gasteiger partial charge in [-0.25, -0.2) is 4.98 Å². The van der Waals surface area contributed by atoms with Gasteiger partial charge < -0.3 is 9.73 Å². The summed E-state index contributed by atoms with van der Waals surface area (Å²) in [5.41, 5.74) is 2.90. The molecule has 0 atom stereocenters. The van der Waals surface area contributed by atoms with E-state index < -0.39 is 5.91 Å². The molecule has 9 heteroatoms. The molecule has 164 valence electrons. The normalized spacial score (nSPS) is 11.2. The number of amides is 1. The topological polar surface area (TPSA) is 55.1 Å². The summed E-state index contributed by atoms with van der Waals surface area (Å²) in [5, 5.41) is 4.54. The summed E-state index contributed by atoms with van der Waals surface area (Å²) in [6.45, 7) is 0. The molecule has 0 aliphatic rings. The maximum absolute atomic E-state index is 13.1. The van der Waals surface area contributed by atoms with Crippen LogP contribution < -0.4 is 5.32 Å². The Morgan fingerprint density at radius 3 is 2.61 bits per heavy atom. The molecule has 0 fully saturated rings. The number of rotatable bonds is 4. The fraction of sp³-hybridized carbons (Fsp3) is 0. The fourth-order valence-corrected chi connectivity index (χ4v) is 6.04. The Hall–Kier alpha value is -2.16. The van der Waals surface area contributed by atoms with Crippen LogP contribution in [0.5, 0.6) is 0 Å². The van der Waals surface area contributed by atoms with Crippen LogP contribution in [0.3, 0.4) is 0 Å². The largest absolute Gasteiger partial charge is 0.451 e. The van der Waals surface area contributed by atoms with E-state index in [0.717, 1.165) is 25.3 Å². The molecule has 0 radical (unpaired) electrons. The number of halogens is 4. The van der Waals surface area contributed by atoms with Gasteiger partial charge in [0.15, 0.2) is 5.76 Å². The van der Waals surface area contributed by atoms with Crippen LogP contribution in [-0.4, -0.2) is 10.9 Å². The highest BCUT2D eigenvalue weighted by atomic mass is 79.9. The second-order valence-corrected chi connectivity index (χ2v) is 10.6. The fourth-order valence-electron chi connectivity index (χ4n) is 3.33. The number of benzene rings is 3. The van der Waals surface area contributed by atoms with E-state index >= 15 is 0 Å².